The molecule has 0 heterocycles. The van der Waals surface area contributed by atoms with Crippen molar-refractivity contribution in [1.82, 2.24) is 0 Å². The van der Waals surface area contributed by atoms with Gasteiger partial charge >= 0.3 is 5.97 Å². The molecule has 0 aromatic heterocycles. The number of carbonyl (C=O) groups excluding carboxylic acids is 1. The highest BCUT2D eigenvalue weighted by molar-refractivity contribution is 5.91. The van der Waals surface area contributed by atoms with E-state index in [2.05, 4.69) is 4.74 Å². The van der Waals surface area contributed by atoms with E-state index in [-0.39, 0.29) is 0 Å². The van der Waals surface area contributed by atoms with Crippen molar-refractivity contribution in [1.29, 1.82) is 0 Å². The Morgan fingerprint density at radius 2 is 1.47 bits per heavy atom. The number of hydrogen-bond acceptors (Lipinski definition) is 2. The topological polar surface area (TPSA) is 26.3 Å². The van der Waals surface area contributed by atoms with Crippen LogP contribution in [-0.2, 0) is 0 Å². The average molecular weight is 270 g/mol. The van der Waals surface area contributed by atoms with E-state index in [1.807, 2.05) is 0 Å². The number of para-hydroxylation sites is 1. The predicted molar refractivity (Wildman–Crippen MR) is 57.7 cm³/mol. The van der Waals surface area contributed by atoms with Gasteiger partial charge in [0.1, 0.15) is 23.0 Å². The predicted octanol–water partition coefficient (Wildman–Crippen LogP) is 3.46. The zero-order valence-electron chi connectivity index (χ0n) is 9.29. The molecule has 0 amide bonds. The second kappa shape index (κ2) is 5.09. The van der Waals surface area contributed by atoms with E-state index >= 15 is 0 Å². The van der Waals surface area contributed by atoms with Crippen molar-refractivity contribution in [3.05, 3.63) is 65.2 Å². The third-order valence-corrected chi connectivity index (χ3v) is 2.25. The standard InChI is InChI=1S/C13H6F4O2/c14-7-5-9(16)12(10(17)6-7)13(18)19-11-4-2-1-3-8(11)15/h1-6H. The highest BCUT2D eigenvalue weighted by atomic mass is 19.1. The summed E-state index contributed by atoms with van der Waals surface area (Å²) in [7, 11) is 0. The van der Waals surface area contributed by atoms with Crippen LogP contribution in [0.25, 0.3) is 0 Å². The Labute approximate surface area is 105 Å². The summed E-state index contributed by atoms with van der Waals surface area (Å²) >= 11 is 0. The Hall–Kier alpha value is -2.37. The van der Waals surface area contributed by atoms with Gasteiger partial charge in [0, 0.05) is 12.1 Å². The SMILES string of the molecule is O=C(Oc1ccccc1F)c1c(F)cc(F)cc1F. The van der Waals surface area contributed by atoms with Crippen LogP contribution < -0.4 is 4.74 Å². The minimum atomic E-state index is -1.44. The molecule has 2 aromatic rings. The molecule has 0 aliphatic heterocycles. The molecule has 0 aliphatic carbocycles. The van der Waals surface area contributed by atoms with Gasteiger partial charge in [-0.1, -0.05) is 12.1 Å². The zero-order chi connectivity index (χ0) is 14.0. The average Bonchev–Trinajstić information content (AvgIpc) is 2.30. The normalized spacial score (nSPS) is 10.3. The Morgan fingerprint density at radius 3 is 2.05 bits per heavy atom. The smallest absolute Gasteiger partial charge is 0.349 e. The molecule has 2 aromatic carbocycles. The largest absolute Gasteiger partial charge is 0.420 e. The molecule has 19 heavy (non-hydrogen) atoms. The number of ether oxygens (including phenoxy) is 1. The monoisotopic (exact) mass is 270 g/mol. The molecule has 0 saturated carbocycles. The van der Waals surface area contributed by atoms with Crippen LogP contribution in [-0.4, -0.2) is 5.97 Å². The lowest BCUT2D eigenvalue weighted by molar-refractivity contribution is 0.0717. The van der Waals surface area contributed by atoms with Gasteiger partial charge < -0.3 is 4.74 Å². The van der Waals surface area contributed by atoms with Crippen molar-refractivity contribution in [3.63, 3.8) is 0 Å². The summed E-state index contributed by atoms with van der Waals surface area (Å²) in [5.41, 5.74) is -1.08. The fourth-order valence-corrected chi connectivity index (χ4v) is 1.42. The van der Waals surface area contributed by atoms with E-state index in [1.54, 1.807) is 0 Å². The summed E-state index contributed by atoms with van der Waals surface area (Å²) in [5, 5.41) is 0. The first-order valence-electron chi connectivity index (χ1n) is 5.10. The molecule has 0 saturated heterocycles. The van der Waals surface area contributed by atoms with Crippen LogP contribution in [0.5, 0.6) is 5.75 Å². The van der Waals surface area contributed by atoms with Gasteiger partial charge in [0.15, 0.2) is 11.6 Å². The molecule has 0 bridgehead atoms. The van der Waals surface area contributed by atoms with Gasteiger partial charge in [-0.25, -0.2) is 22.4 Å². The number of halogens is 4. The van der Waals surface area contributed by atoms with E-state index in [1.165, 1.54) is 12.1 Å². The second-order valence-electron chi connectivity index (χ2n) is 3.56. The van der Waals surface area contributed by atoms with Gasteiger partial charge in [-0.05, 0) is 12.1 Å². The zero-order valence-corrected chi connectivity index (χ0v) is 9.29. The Balaban J connectivity index is 2.34. The van der Waals surface area contributed by atoms with Gasteiger partial charge in [-0.2, -0.15) is 0 Å². The first kappa shape index (κ1) is 13.1. The Kier molecular flexibility index (Phi) is 3.50. The summed E-state index contributed by atoms with van der Waals surface area (Å²) in [6, 6.07) is 5.53. The first-order chi connectivity index (χ1) is 8.99. The van der Waals surface area contributed by atoms with E-state index in [9.17, 15) is 22.4 Å². The molecular formula is C13H6F4O2. The molecule has 98 valence electrons. The van der Waals surface area contributed by atoms with Crippen molar-refractivity contribution in [3.8, 4) is 5.75 Å². The third-order valence-electron chi connectivity index (χ3n) is 2.25. The van der Waals surface area contributed by atoms with Crippen LogP contribution in [0.3, 0.4) is 0 Å². The molecule has 0 atom stereocenters. The van der Waals surface area contributed by atoms with E-state index in [0.29, 0.717) is 12.1 Å². The van der Waals surface area contributed by atoms with Gasteiger partial charge in [-0.3, -0.25) is 0 Å². The lowest BCUT2D eigenvalue weighted by atomic mass is 10.2. The van der Waals surface area contributed by atoms with Gasteiger partial charge in [0.2, 0.25) is 0 Å². The van der Waals surface area contributed by atoms with Crippen molar-refractivity contribution in [2.75, 3.05) is 0 Å². The van der Waals surface area contributed by atoms with Crippen LogP contribution in [0.2, 0.25) is 0 Å². The third kappa shape index (κ3) is 2.73. The molecule has 0 aliphatic rings. The van der Waals surface area contributed by atoms with Gasteiger partial charge in [0.05, 0.1) is 0 Å². The number of esters is 1. The van der Waals surface area contributed by atoms with Crippen LogP contribution in [0.15, 0.2) is 36.4 Å². The highest BCUT2D eigenvalue weighted by Gasteiger charge is 2.21. The maximum Gasteiger partial charge on any atom is 0.349 e. The highest BCUT2D eigenvalue weighted by Crippen LogP contribution is 2.20. The van der Waals surface area contributed by atoms with Crippen LogP contribution >= 0.6 is 0 Å². The molecular weight excluding hydrogens is 264 g/mol. The van der Waals surface area contributed by atoms with E-state index in [4.69, 9.17) is 0 Å². The van der Waals surface area contributed by atoms with Gasteiger partial charge in [-0.15, -0.1) is 0 Å². The van der Waals surface area contributed by atoms with Crippen molar-refractivity contribution in [2.45, 2.75) is 0 Å². The molecule has 0 N–H and O–H groups in total. The van der Waals surface area contributed by atoms with Crippen LogP contribution in [0.4, 0.5) is 17.6 Å². The van der Waals surface area contributed by atoms with E-state index in [0.717, 1.165) is 12.1 Å². The quantitative estimate of drug-likeness (QED) is 0.474. The molecule has 0 unspecified atom stereocenters. The van der Waals surface area contributed by atoms with Crippen molar-refractivity contribution < 1.29 is 27.1 Å². The molecule has 0 fully saturated rings. The number of hydrogen-bond donors (Lipinski definition) is 0. The molecule has 6 heteroatoms. The maximum atomic E-state index is 13.3. The number of carbonyl (C=O) groups is 1. The second-order valence-corrected chi connectivity index (χ2v) is 3.56. The van der Waals surface area contributed by atoms with Crippen molar-refractivity contribution in [2.24, 2.45) is 0 Å². The molecule has 2 rings (SSSR count). The fraction of sp³-hybridized carbons (Fsp3) is 0. The van der Waals surface area contributed by atoms with Crippen molar-refractivity contribution >= 4 is 5.97 Å². The maximum absolute atomic E-state index is 13.3. The lowest BCUT2D eigenvalue weighted by Gasteiger charge is -2.06. The summed E-state index contributed by atoms with van der Waals surface area (Å²) < 4.78 is 57.0. The number of benzene rings is 2. The lowest BCUT2D eigenvalue weighted by Crippen LogP contribution is -2.14. The summed E-state index contributed by atoms with van der Waals surface area (Å²) in [5.74, 6) is -6.79. The molecule has 2 nitrogen and oxygen atoms in total. The minimum absolute atomic E-state index is 0.334. The minimum Gasteiger partial charge on any atom is -0.420 e. The summed E-state index contributed by atoms with van der Waals surface area (Å²) in [6.45, 7) is 0. The molecule has 0 spiro atoms. The Morgan fingerprint density at radius 1 is 0.895 bits per heavy atom. The van der Waals surface area contributed by atoms with Gasteiger partial charge in [0.25, 0.3) is 0 Å². The summed E-state index contributed by atoms with van der Waals surface area (Å²) in [4.78, 5) is 11.5. The summed E-state index contributed by atoms with van der Waals surface area (Å²) in [6.07, 6.45) is 0. The Bertz CT molecular complexity index is 617. The first-order valence-corrected chi connectivity index (χ1v) is 5.10. The van der Waals surface area contributed by atoms with Crippen LogP contribution in [0, 0.1) is 23.3 Å². The number of rotatable bonds is 2. The molecule has 0 radical (unpaired) electrons. The van der Waals surface area contributed by atoms with E-state index < -0.39 is 40.6 Å². The fourth-order valence-electron chi connectivity index (χ4n) is 1.42. The van der Waals surface area contributed by atoms with Crippen LogP contribution in [0.1, 0.15) is 10.4 Å².